The Kier molecular flexibility index (Phi) is 7.83. The van der Waals surface area contributed by atoms with Crippen molar-refractivity contribution in [2.45, 2.75) is 88.9 Å². The molecule has 250 valence electrons. The zero-order valence-electron chi connectivity index (χ0n) is 27.5. The number of ether oxygens (including phenoxy) is 2. The van der Waals surface area contributed by atoms with Crippen LogP contribution in [0.4, 0.5) is 10.2 Å². The van der Waals surface area contributed by atoms with Gasteiger partial charge >= 0.3 is 6.01 Å². The lowest BCUT2D eigenvalue weighted by atomic mass is 9.71. The second-order valence-corrected chi connectivity index (χ2v) is 15.5. The maximum atomic E-state index is 14.6. The first-order valence-electron chi connectivity index (χ1n) is 17.0. The van der Waals surface area contributed by atoms with Crippen molar-refractivity contribution in [3.05, 3.63) is 62.5 Å². The minimum absolute atomic E-state index is 0.109. The summed E-state index contributed by atoms with van der Waals surface area (Å²) >= 11 is 3.71. The number of alkyl halides is 1. The molecule has 0 unspecified atom stereocenters. The van der Waals surface area contributed by atoms with Gasteiger partial charge in [-0.05, 0) is 73.9 Å². The van der Waals surface area contributed by atoms with Crippen LogP contribution in [0.15, 0.2) is 28.7 Å². The first-order valence-corrected chi connectivity index (χ1v) is 17.8. The number of anilines is 1. The van der Waals surface area contributed by atoms with Crippen LogP contribution in [0.3, 0.4) is 0 Å². The lowest BCUT2D eigenvalue weighted by Crippen LogP contribution is -2.44. The van der Waals surface area contributed by atoms with Gasteiger partial charge in [-0.2, -0.15) is 15.1 Å². The van der Waals surface area contributed by atoms with Crippen LogP contribution >= 0.6 is 15.9 Å². The molecule has 2 aromatic heterocycles. The first kappa shape index (κ1) is 31.2. The highest BCUT2D eigenvalue weighted by Gasteiger charge is 2.50. The Labute approximate surface area is 283 Å². The highest BCUT2D eigenvalue weighted by molar-refractivity contribution is 9.10. The number of aromatic nitrogens is 4. The van der Waals surface area contributed by atoms with Crippen molar-refractivity contribution in [3.8, 4) is 6.01 Å². The summed E-state index contributed by atoms with van der Waals surface area (Å²) in [5.74, 6) is 1.17. The van der Waals surface area contributed by atoms with Crippen LogP contribution in [-0.4, -0.2) is 87.5 Å². The minimum Gasteiger partial charge on any atom is -0.461 e. The fourth-order valence-corrected chi connectivity index (χ4v) is 9.21. The average molecular weight is 709 g/mol. The normalized spacial score (nSPS) is 28.4. The van der Waals surface area contributed by atoms with E-state index in [9.17, 15) is 9.18 Å². The van der Waals surface area contributed by atoms with E-state index < -0.39 is 11.8 Å². The van der Waals surface area contributed by atoms with E-state index in [1.165, 1.54) is 11.1 Å². The van der Waals surface area contributed by atoms with Gasteiger partial charge in [0.25, 0.3) is 5.91 Å². The molecule has 0 N–H and O–H groups in total. The van der Waals surface area contributed by atoms with E-state index in [2.05, 4.69) is 56.0 Å². The molecule has 3 aromatic rings. The van der Waals surface area contributed by atoms with E-state index in [4.69, 9.17) is 19.4 Å². The monoisotopic (exact) mass is 707 g/mol. The zero-order valence-corrected chi connectivity index (χ0v) is 29.1. The standard InChI is InChI=1S/C35H43BrFN7O3/c1-22-12-23-6-7-24(36)13-28(23)35(15-22)17-30-27(20-47-35)31(39-33(38-30)46-21-34-8-4-10-43(34)18-25(37)16-34)42-9-5-11-44-26(19-42)14-29(40-44)32(45)41(2)3/h6-7,13-14,22,25H,4-5,8-12,15-21H2,1-3H3/t22-,25-,34+,35+/m1/s1. The van der Waals surface area contributed by atoms with Gasteiger partial charge in [0.15, 0.2) is 5.69 Å². The van der Waals surface area contributed by atoms with E-state index in [0.29, 0.717) is 56.8 Å². The van der Waals surface area contributed by atoms with Gasteiger partial charge in [0.1, 0.15) is 18.6 Å². The number of nitrogens with zero attached hydrogens (tertiary/aromatic N) is 7. The fraction of sp³-hybridized carbons (Fsp3) is 0.600. The third-order valence-corrected chi connectivity index (χ3v) is 11.5. The third kappa shape index (κ3) is 5.53. The van der Waals surface area contributed by atoms with Crippen molar-refractivity contribution in [1.82, 2.24) is 29.5 Å². The predicted molar refractivity (Wildman–Crippen MR) is 178 cm³/mol. The number of fused-ring (bicyclic) bond motifs is 5. The largest absolute Gasteiger partial charge is 0.461 e. The number of hydrogen-bond acceptors (Lipinski definition) is 8. The van der Waals surface area contributed by atoms with Gasteiger partial charge in [-0.15, -0.1) is 0 Å². The van der Waals surface area contributed by atoms with Crippen molar-refractivity contribution in [2.24, 2.45) is 5.92 Å². The number of halogens is 2. The number of carbonyl (C=O) groups excluding carboxylic acids is 1. The van der Waals surface area contributed by atoms with Gasteiger partial charge in [0, 0.05) is 56.6 Å². The summed E-state index contributed by atoms with van der Waals surface area (Å²) in [5.41, 5.74) is 5.13. The highest BCUT2D eigenvalue weighted by Crippen LogP contribution is 2.48. The van der Waals surface area contributed by atoms with Crippen molar-refractivity contribution in [1.29, 1.82) is 0 Å². The molecule has 2 fully saturated rings. The first-order chi connectivity index (χ1) is 22.6. The molecule has 0 saturated carbocycles. The van der Waals surface area contributed by atoms with Crippen LogP contribution in [0, 0.1) is 5.92 Å². The molecular formula is C35H43BrFN7O3. The van der Waals surface area contributed by atoms with Gasteiger partial charge in [0.2, 0.25) is 0 Å². The van der Waals surface area contributed by atoms with Crippen molar-refractivity contribution < 1.29 is 18.7 Å². The molecule has 2 saturated heterocycles. The van der Waals surface area contributed by atoms with E-state index in [0.717, 1.165) is 79.0 Å². The van der Waals surface area contributed by atoms with Crippen LogP contribution in [0.2, 0.25) is 0 Å². The lowest BCUT2D eigenvalue weighted by molar-refractivity contribution is -0.0939. The molecule has 12 heteroatoms. The molecule has 1 spiro atoms. The van der Waals surface area contributed by atoms with Crippen LogP contribution in [0.25, 0.3) is 0 Å². The summed E-state index contributed by atoms with van der Waals surface area (Å²) in [7, 11) is 3.49. The Morgan fingerprint density at radius 2 is 2.04 bits per heavy atom. The Balaban J connectivity index is 1.17. The van der Waals surface area contributed by atoms with Crippen LogP contribution < -0.4 is 9.64 Å². The number of amides is 1. The molecule has 1 aromatic carbocycles. The summed E-state index contributed by atoms with van der Waals surface area (Å²) in [4.78, 5) is 29.0. The van der Waals surface area contributed by atoms with E-state index in [1.54, 1.807) is 19.0 Å². The van der Waals surface area contributed by atoms with Crippen LogP contribution in [-0.2, 0) is 42.9 Å². The average Bonchev–Trinajstić information content (AvgIpc) is 3.66. The maximum absolute atomic E-state index is 14.6. The molecule has 4 atom stereocenters. The quantitative estimate of drug-likeness (QED) is 0.364. The number of benzene rings is 1. The molecule has 47 heavy (non-hydrogen) atoms. The molecule has 6 heterocycles. The van der Waals surface area contributed by atoms with Gasteiger partial charge in [-0.25, -0.2) is 4.39 Å². The highest BCUT2D eigenvalue weighted by atomic mass is 79.9. The summed E-state index contributed by atoms with van der Waals surface area (Å²) in [6, 6.07) is 8.80. The van der Waals surface area contributed by atoms with Gasteiger partial charge in [-0.3, -0.25) is 14.4 Å². The summed E-state index contributed by atoms with van der Waals surface area (Å²) in [6.07, 6.45) is 5.06. The Hall–Kier alpha value is -3.09. The van der Waals surface area contributed by atoms with Crippen molar-refractivity contribution >= 4 is 27.7 Å². The van der Waals surface area contributed by atoms with Gasteiger partial charge in [-0.1, -0.05) is 28.9 Å². The topological polar surface area (TPSA) is 88.8 Å². The predicted octanol–water partition coefficient (Wildman–Crippen LogP) is 5.05. The molecule has 0 bridgehead atoms. The molecular weight excluding hydrogens is 665 g/mol. The van der Waals surface area contributed by atoms with Crippen molar-refractivity contribution in [3.63, 3.8) is 0 Å². The number of carbonyl (C=O) groups is 1. The summed E-state index contributed by atoms with van der Waals surface area (Å²) < 4.78 is 31.1. The van der Waals surface area contributed by atoms with Crippen molar-refractivity contribution in [2.75, 3.05) is 45.2 Å². The molecule has 1 amide bonds. The fourth-order valence-electron chi connectivity index (χ4n) is 8.85. The molecule has 8 rings (SSSR count). The smallest absolute Gasteiger partial charge is 0.318 e. The number of hydrogen-bond donors (Lipinski definition) is 0. The Bertz CT molecular complexity index is 1720. The Morgan fingerprint density at radius 3 is 2.89 bits per heavy atom. The van der Waals surface area contributed by atoms with Gasteiger partial charge in [0.05, 0.1) is 35.7 Å². The molecule has 10 nitrogen and oxygen atoms in total. The summed E-state index contributed by atoms with van der Waals surface area (Å²) in [6.45, 7) is 6.49. The minimum atomic E-state index is -0.824. The van der Waals surface area contributed by atoms with E-state index in [1.807, 2.05) is 10.7 Å². The van der Waals surface area contributed by atoms with E-state index in [-0.39, 0.29) is 11.4 Å². The molecule has 1 aliphatic carbocycles. The number of aryl methyl sites for hydroxylation is 1. The molecule has 4 aliphatic heterocycles. The van der Waals surface area contributed by atoms with E-state index >= 15 is 0 Å². The van der Waals surface area contributed by atoms with Gasteiger partial charge < -0.3 is 19.3 Å². The number of rotatable bonds is 5. The second-order valence-electron chi connectivity index (χ2n) is 14.6. The zero-order chi connectivity index (χ0) is 32.5. The Morgan fingerprint density at radius 1 is 1.17 bits per heavy atom. The SMILES string of the molecule is C[C@@H]1Cc2ccc(Br)cc2[C@@]2(Cc3nc(OC[C@@]45CCCN4C[C@H](F)C5)nc(N4CCCn5nc(C(=O)N(C)C)cc5C4)c3CO2)C1. The molecule has 0 radical (unpaired) electrons. The summed E-state index contributed by atoms with van der Waals surface area (Å²) in [5, 5.41) is 4.64. The van der Waals surface area contributed by atoms with Crippen LogP contribution in [0.5, 0.6) is 6.01 Å². The lowest BCUT2D eigenvalue weighted by Gasteiger charge is -2.45. The van der Waals surface area contributed by atoms with Crippen LogP contribution in [0.1, 0.15) is 77.6 Å². The second kappa shape index (κ2) is 11.8. The molecule has 5 aliphatic rings. The maximum Gasteiger partial charge on any atom is 0.318 e. The third-order valence-electron chi connectivity index (χ3n) is 11.0.